The topological polar surface area (TPSA) is 92.9 Å². The number of nitrogens with zero attached hydrogens (tertiary/aromatic N) is 1. The molecule has 18 heavy (non-hydrogen) atoms. The van der Waals surface area contributed by atoms with Crippen molar-refractivity contribution in [1.82, 2.24) is 4.90 Å². The van der Waals surface area contributed by atoms with Crippen LogP contribution < -0.4 is 10.5 Å². The number of carboxylic acid groups (broad SMARTS) is 1. The van der Waals surface area contributed by atoms with Gasteiger partial charge in [0, 0.05) is 25.8 Å². The predicted octanol–water partition coefficient (Wildman–Crippen LogP) is 0.822. The van der Waals surface area contributed by atoms with Crippen LogP contribution in [0.15, 0.2) is 18.2 Å². The number of amides is 1. The molecule has 1 rings (SSSR count). The number of nitrogen functional groups attached to an aromatic ring is 1. The molecule has 6 nitrogen and oxygen atoms in total. The van der Waals surface area contributed by atoms with E-state index in [0.717, 1.165) is 0 Å². The third-order valence-electron chi connectivity index (χ3n) is 2.33. The average Bonchev–Trinajstić information content (AvgIpc) is 2.27. The van der Waals surface area contributed by atoms with Gasteiger partial charge in [0.05, 0.1) is 0 Å². The van der Waals surface area contributed by atoms with Gasteiger partial charge in [-0.3, -0.25) is 4.79 Å². The van der Waals surface area contributed by atoms with E-state index in [-0.39, 0.29) is 17.2 Å². The van der Waals surface area contributed by atoms with Gasteiger partial charge < -0.3 is 20.5 Å². The Balaban J connectivity index is 2.99. The van der Waals surface area contributed by atoms with E-state index in [4.69, 9.17) is 15.6 Å². The number of anilines is 1. The van der Waals surface area contributed by atoms with E-state index in [1.807, 2.05) is 0 Å². The van der Waals surface area contributed by atoms with Crippen molar-refractivity contribution in [2.24, 2.45) is 0 Å². The summed E-state index contributed by atoms with van der Waals surface area (Å²) in [7, 11) is 3.19. The second-order valence-electron chi connectivity index (χ2n) is 4.05. The van der Waals surface area contributed by atoms with Crippen molar-refractivity contribution >= 4 is 17.6 Å². The first-order valence-electron chi connectivity index (χ1n) is 5.33. The Labute approximate surface area is 105 Å². The molecule has 0 spiro atoms. The molecule has 0 aliphatic heterocycles. The van der Waals surface area contributed by atoms with Crippen molar-refractivity contribution < 1.29 is 19.4 Å². The van der Waals surface area contributed by atoms with Crippen molar-refractivity contribution in [3.8, 4) is 5.75 Å². The van der Waals surface area contributed by atoms with Gasteiger partial charge in [-0.05, 0) is 19.1 Å². The minimum atomic E-state index is -1.13. The first-order valence-corrected chi connectivity index (χ1v) is 5.33. The van der Waals surface area contributed by atoms with Gasteiger partial charge in [0.1, 0.15) is 11.3 Å². The van der Waals surface area contributed by atoms with Gasteiger partial charge in [0.25, 0.3) is 5.91 Å². The third-order valence-corrected chi connectivity index (χ3v) is 2.33. The highest BCUT2D eigenvalue weighted by Crippen LogP contribution is 2.23. The largest absolute Gasteiger partial charge is 0.480 e. The Bertz CT molecular complexity index is 471. The average molecular weight is 252 g/mol. The van der Waals surface area contributed by atoms with E-state index in [1.165, 1.54) is 23.1 Å². The number of carbonyl (C=O) groups is 2. The summed E-state index contributed by atoms with van der Waals surface area (Å²) in [5, 5.41) is 9.00. The van der Waals surface area contributed by atoms with Gasteiger partial charge in [-0.15, -0.1) is 0 Å². The Morgan fingerprint density at radius 3 is 2.50 bits per heavy atom. The van der Waals surface area contributed by atoms with Gasteiger partial charge in [-0.2, -0.15) is 0 Å². The summed E-state index contributed by atoms with van der Waals surface area (Å²) in [6.45, 7) is 1.55. The van der Waals surface area contributed by atoms with Crippen LogP contribution in [0.25, 0.3) is 0 Å². The van der Waals surface area contributed by atoms with Crippen molar-refractivity contribution in [2.75, 3.05) is 19.8 Å². The van der Waals surface area contributed by atoms with Crippen LogP contribution in [0.4, 0.5) is 5.69 Å². The van der Waals surface area contributed by atoms with Crippen LogP contribution in [0, 0.1) is 0 Å². The van der Waals surface area contributed by atoms with Crippen LogP contribution in [0.5, 0.6) is 5.75 Å². The molecule has 0 saturated carbocycles. The molecule has 0 fully saturated rings. The molecular formula is C12H16N2O4. The number of carbonyl (C=O) groups excluding carboxylic acids is 1. The fraction of sp³-hybridized carbons (Fsp3) is 0.333. The van der Waals surface area contributed by atoms with E-state index in [0.29, 0.717) is 5.69 Å². The van der Waals surface area contributed by atoms with Crippen molar-refractivity contribution in [3.63, 3.8) is 0 Å². The number of aromatic carboxylic acids is 1. The van der Waals surface area contributed by atoms with Gasteiger partial charge in [-0.25, -0.2) is 4.79 Å². The summed E-state index contributed by atoms with van der Waals surface area (Å²) in [5.74, 6) is -1.30. The van der Waals surface area contributed by atoms with Crippen LogP contribution in [-0.2, 0) is 4.79 Å². The smallest absolute Gasteiger partial charge is 0.339 e. The lowest BCUT2D eigenvalue weighted by Crippen LogP contribution is -2.35. The van der Waals surface area contributed by atoms with E-state index in [2.05, 4.69) is 0 Å². The number of rotatable bonds is 4. The van der Waals surface area contributed by atoms with Gasteiger partial charge in [-0.1, -0.05) is 0 Å². The minimum absolute atomic E-state index is 0.0254. The summed E-state index contributed by atoms with van der Waals surface area (Å²) in [5.41, 5.74) is 5.92. The van der Waals surface area contributed by atoms with Gasteiger partial charge in [0.15, 0.2) is 6.10 Å². The second kappa shape index (κ2) is 5.39. The van der Waals surface area contributed by atoms with Gasteiger partial charge >= 0.3 is 5.97 Å². The number of ether oxygens (including phenoxy) is 1. The Kier molecular flexibility index (Phi) is 4.14. The van der Waals surface area contributed by atoms with Crippen LogP contribution in [-0.4, -0.2) is 42.1 Å². The molecule has 0 aliphatic rings. The summed E-state index contributed by atoms with van der Waals surface area (Å²) in [4.78, 5) is 24.0. The molecule has 0 saturated heterocycles. The van der Waals surface area contributed by atoms with E-state index < -0.39 is 12.1 Å². The lowest BCUT2D eigenvalue weighted by Gasteiger charge is -2.19. The number of benzene rings is 1. The molecule has 0 aromatic heterocycles. The van der Waals surface area contributed by atoms with Crippen molar-refractivity contribution in [2.45, 2.75) is 13.0 Å². The fourth-order valence-electron chi connectivity index (χ4n) is 1.42. The SMILES string of the molecule is CC(Oc1cc(N)ccc1C(=O)O)C(=O)N(C)C. The summed E-state index contributed by atoms with van der Waals surface area (Å²) in [6.07, 6.45) is -0.778. The van der Waals surface area contributed by atoms with E-state index >= 15 is 0 Å². The highest BCUT2D eigenvalue weighted by Gasteiger charge is 2.20. The standard InChI is InChI=1S/C12H16N2O4/c1-7(11(15)14(2)3)18-10-6-8(13)4-5-9(10)12(16)17/h4-7H,13H2,1-3H3,(H,16,17). The summed E-state index contributed by atoms with van der Waals surface area (Å²) < 4.78 is 5.36. The quantitative estimate of drug-likeness (QED) is 0.774. The molecule has 98 valence electrons. The summed E-state index contributed by atoms with van der Waals surface area (Å²) >= 11 is 0. The Hall–Kier alpha value is -2.24. The molecule has 1 aromatic carbocycles. The Morgan fingerprint density at radius 2 is 2.00 bits per heavy atom. The van der Waals surface area contributed by atoms with Crippen LogP contribution >= 0.6 is 0 Å². The molecule has 0 aliphatic carbocycles. The zero-order chi connectivity index (χ0) is 13.9. The molecule has 6 heteroatoms. The maximum absolute atomic E-state index is 11.6. The highest BCUT2D eigenvalue weighted by atomic mass is 16.5. The first kappa shape index (κ1) is 13.8. The van der Waals surface area contributed by atoms with Crippen LogP contribution in [0.2, 0.25) is 0 Å². The lowest BCUT2D eigenvalue weighted by molar-refractivity contribution is -0.135. The lowest BCUT2D eigenvalue weighted by atomic mass is 10.2. The van der Waals surface area contributed by atoms with Crippen LogP contribution in [0.1, 0.15) is 17.3 Å². The monoisotopic (exact) mass is 252 g/mol. The molecule has 3 N–H and O–H groups in total. The number of hydrogen-bond acceptors (Lipinski definition) is 4. The fourth-order valence-corrected chi connectivity index (χ4v) is 1.42. The molecule has 0 heterocycles. The van der Waals surface area contributed by atoms with E-state index in [1.54, 1.807) is 21.0 Å². The highest BCUT2D eigenvalue weighted by molar-refractivity contribution is 5.91. The number of carboxylic acids is 1. The van der Waals surface area contributed by atoms with E-state index in [9.17, 15) is 9.59 Å². The molecular weight excluding hydrogens is 236 g/mol. The van der Waals surface area contributed by atoms with Crippen molar-refractivity contribution in [3.05, 3.63) is 23.8 Å². The predicted molar refractivity (Wildman–Crippen MR) is 66.6 cm³/mol. The Morgan fingerprint density at radius 1 is 1.39 bits per heavy atom. The third kappa shape index (κ3) is 3.13. The number of hydrogen-bond donors (Lipinski definition) is 2. The first-order chi connectivity index (χ1) is 8.32. The van der Waals surface area contributed by atoms with Crippen molar-refractivity contribution in [1.29, 1.82) is 0 Å². The molecule has 1 amide bonds. The minimum Gasteiger partial charge on any atom is -0.480 e. The normalized spacial score (nSPS) is 11.7. The second-order valence-corrected chi connectivity index (χ2v) is 4.05. The molecule has 1 aromatic rings. The number of likely N-dealkylation sites (N-methyl/N-ethyl adjacent to an activating group) is 1. The maximum Gasteiger partial charge on any atom is 0.339 e. The molecule has 1 atom stereocenters. The molecule has 0 radical (unpaired) electrons. The van der Waals surface area contributed by atoms with Gasteiger partial charge in [0.2, 0.25) is 0 Å². The molecule has 1 unspecified atom stereocenters. The zero-order valence-corrected chi connectivity index (χ0v) is 10.5. The van der Waals surface area contributed by atoms with Crippen LogP contribution in [0.3, 0.4) is 0 Å². The summed E-state index contributed by atoms with van der Waals surface area (Å²) in [6, 6.07) is 4.21. The zero-order valence-electron chi connectivity index (χ0n) is 10.5. The maximum atomic E-state index is 11.6. The molecule has 0 bridgehead atoms. The number of nitrogens with two attached hydrogens (primary N) is 1.